The molecular weight excluding hydrogens is 327 g/mol. The smallest absolute Gasteiger partial charge is 0.305 e. The Kier molecular flexibility index (Phi) is 3.50. The normalized spacial score (nSPS) is 12.6. The van der Waals surface area contributed by atoms with E-state index in [2.05, 4.69) is 22.0 Å². The van der Waals surface area contributed by atoms with E-state index in [1.54, 1.807) is 16.9 Å². The SMILES string of the molecule is CC(c1ccc2[nH]c(=O)sc2c1)c1ccn(-c2ccc(F)cn2)n1. The quantitative estimate of drug-likeness (QED) is 0.621. The number of halogens is 1. The first-order chi connectivity index (χ1) is 11.6. The van der Waals surface area contributed by atoms with E-state index >= 15 is 0 Å². The molecule has 0 radical (unpaired) electrons. The lowest BCUT2D eigenvalue weighted by atomic mass is 9.98. The Labute approximate surface area is 140 Å². The molecule has 24 heavy (non-hydrogen) atoms. The second kappa shape index (κ2) is 5.68. The standard InChI is InChI=1S/C17H13FN4OS/c1-10(11-2-4-14-15(8-11)24-17(23)20-14)13-6-7-22(21-13)16-5-3-12(18)9-19-16/h2-10H,1H3,(H,20,23). The molecule has 0 saturated heterocycles. The van der Waals surface area contributed by atoms with Crippen molar-refractivity contribution < 1.29 is 4.39 Å². The highest BCUT2D eigenvalue weighted by Gasteiger charge is 2.14. The average molecular weight is 340 g/mol. The molecule has 0 bridgehead atoms. The summed E-state index contributed by atoms with van der Waals surface area (Å²) in [5.74, 6) is 0.251. The van der Waals surface area contributed by atoms with E-state index in [9.17, 15) is 9.18 Å². The van der Waals surface area contributed by atoms with Crippen molar-refractivity contribution in [3.63, 3.8) is 0 Å². The van der Waals surface area contributed by atoms with Gasteiger partial charge in [-0.05, 0) is 35.9 Å². The van der Waals surface area contributed by atoms with E-state index in [0.717, 1.165) is 21.5 Å². The van der Waals surface area contributed by atoms with Gasteiger partial charge in [-0.25, -0.2) is 14.1 Å². The van der Waals surface area contributed by atoms with Crippen molar-refractivity contribution in [1.82, 2.24) is 19.7 Å². The Balaban J connectivity index is 1.67. The molecule has 1 unspecified atom stereocenters. The van der Waals surface area contributed by atoms with Gasteiger partial charge in [0.05, 0.1) is 22.1 Å². The van der Waals surface area contributed by atoms with E-state index < -0.39 is 0 Å². The first-order valence-electron chi connectivity index (χ1n) is 7.40. The summed E-state index contributed by atoms with van der Waals surface area (Å²) in [4.78, 5) is 18.2. The number of thiazole rings is 1. The highest BCUT2D eigenvalue weighted by Crippen LogP contribution is 2.26. The zero-order chi connectivity index (χ0) is 16.7. The minimum Gasteiger partial charge on any atom is -0.312 e. The van der Waals surface area contributed by atoms with Gasteiger partial charge in [-0.1, -0.05) is 24.3 Å². The molecule has 120 valence electrons. The summed E-state index contributed by atoms with van der Waals surface area (Å²) in [6.07, 6.45) is 2.97. The van der Waals surface area contributed by atoms with Gasteiger partial charge in [0.2, 0.25) is 0 Å². The van der Waals surface area contributed by atoms with Crippen molar-refractivity contribution in [3.05, 3.63) is 75.5 Å². The van der Waals surface area contributed by atoms with Crippen molar-refractivity contribution in [2.45, 2.75) is 12.8 Å². The summed E-state index contributed by atoms with van der Waals surface area (Å²) in [6.45, 7) is 2.06. The molecule has 1 aromatic carbocycles. The Morgan fingerprint density at radius 2 is 2.12 bits per heavy atom. The summed E-state index contributed by atoms with van der Waals surface area (Å²) in [5, 5.41) is 4.54. The van der Waals surface area contributed by atoms with Gasteiger partial charge >= 0.3 is 4.87 Å². The number of hydrogen-bond acceptors (Lipinski definition) is 4. The van der Waals surface area contributed by atoms with E-state index in [0.29, 0.717) is 5.82 Å². The van der Waals surface area contributed by atoms with Crippen LogP contribution < -0.4 is 4.87 Å². The first-order valence-corrected chi connectivity index (χ1v) is 8.22. The number of pyridine rings is 1. The van der Waals surface area contributed by atoms with E-state index in [1.807, 2.05) is 24.3 Å². The van der Waals surface area contributed by atoms with Gasteiger partial charge in [-0.2, -0.15) is 5.10 Å². The molecule has 1 N–H and O–H groups in total. The highest BCUT2D eigenvalue weighted by atomic mass is 32.1. The number of aromatic amines is 1. The Morgan fingerprint density at radius 1 is 1.25 bits per heavy atom. The lowest BCUT2D eigenvalue weighted by molar-refractivity contribution is 0.619. The van der Waals surface area contributed by atoms with Gasteiger partial charge < -0.3 is 4.98 Å². The van der Waals surface area contributed by atoms with Crippen LogP contribution in [0.1, 0.15) is 24.1 Å². The van der Waals surface area contributed by atoms with Crippen LogP contribution in [0, 0.1) is 5.82 Å². The summed E-state index contributed by atoms with van der Waals surface area (Å²) < 4.78 is 15.5. The molecule has 4 rings (SSSR count). The van der Waals surface area contributed by atoms with Gasteiger partial charge in [0.15, 0.2) is 5.82 Å². The Hall–Kier alpha value is -2.80. The monoisotopic (exact) mass is 340 g/mol. The van der Waals surface area contributed by atoms with Crippen LogP contribution in [-0.2, 0) is 0 Å². The molecule has 0 aliphatic carbocycles. The second-order valence-electron chi connectivity index (χ2n) is 5.51. The molecule has 0 saturated carbocycles. The predicted octanol–water partition coefficient (Wildman–Crippen LogP) is 3.46. The molecule has 5 nitrogen and oxygen atoms in total. The van der Waals surface area contributed by atoms with E-state index in [-0.39, 0.29) is 16.6 Å². The fourth-order valence-electron chi connectivity index (χ4n) is 2.60. The molecule has 3 aromatic heterocycles. The van der Waals surface area contributed by atoms with Gasteiger partial charge in [0.25, 0.3) is 0 Å². The summed E-state index contributed by atoms with van der Waals surface area (Å²) >= 11 is 1.20. The predicted molar refractivity (Wildman–Crippen MR) is 91.3 cm³/mol. The zero-order valence-electron chi connectivity index (χ0n) is 12.7. The number of nitrogens with zero attached hydrogens (tertiary/aromatic N) is 3. The van der Waals surface area contributed by atoms with Crippen LogP contribution in [0.15, 0.2) is 53.6 Å². The van der Waals surface area contributed by atoms with Crippen molar-refractivity contribution in [1.29, 1.82) is 0 Å². The third kappa shape index (κ3) is 2.63. The summed E-state index contributed by atoms with van der Waals surface area (Å²) in [5.41, 5.74) is 2.81. The van der Waals surface area contributed by atoms with Crippen molar-refractivity contribution in [2.75, 3.05) is 0 Å². The summed E-state index contributed by atoms with van der Waals surface area (Å²) in [6, 6.07) is 10.8. The Morgan fingerprint density at radius 3 is 2.92 bits per heavy atom. The molecule has 4 aromatic rings. The Bertz CT molecular complexity index is 1060. The van der Waals surface area contributed by atoms with Gasteiger partial charge in [0.1, 0.15) is 5.82 Å². The van der Waals surface area contributed by atoms with Crippen molar-refractivity contribution in [3.8, 4) is 5.82 Å². The van der Waals surface area contributed by atoms with Gasteiger partial charge in [-0.15, -0.1) is 0 Å². The number of H-pyrrole nitrogens is 1. The second-order valence-corrected chi connectivity index (χ2v) is 6.53. The third-order valence-electron chi connectivity index (χ3n) is 3.94. The number of rotatable bonds is 3. The minimum absolute atomic E-state index is 0.0542. The van der Waals surface area contributed by atoms with Crippen LogP contribution in [0.2, 0.25) is 0 Å². The number of hydrogen-bond donors (Lipinski definition) is 1. The lowest BCUT2D eigenvalue weighted by Crippen LogP contribution is -2.02. The zero-order valence-corrected chi connectivity index (χ0v) is 13.5. The molecule has 1 atom stereocenters. The maximum Gasteiger partial charge on any atom is 0.305 e. The van der Waals surface area contributed by atoms with Crippen LogP contribution in [0.4, 0.5) is 4.39 Å². The van der Waals surface area contributed by atoms with Gasteiger partial charge in [0, 0.05) is 12.1 Å². The number of aromatic nitrogens is 4. The van der Waals surface area contributed by atoms with Crippen LogP contribution in [0.25, 0.3) is 16.0 Å². The minimum atomic E-state index is -0.377. The third-order valence-corrected chi connectivity index (χ3v) is 4.79. The fraction of sp³-hybridized carbons (Fsp3) is 0.118. The van der Waals surface area contributed by atoms with E-state index in [1.165, 1.54) is 23.6 Å². The largest absolute Gasteiger partial charge is 0.312 e. The highest BCUT2D eigenvalue weighted by molar-refractivity contribution is 7.16. The number of benzene rings is 1. The van der Waals surface area contributed by atoms with E-state index in [4.69, 9.17) is 0 Å². The van der Waals surface area contributed by atoms with Crippen LogP contribution in [0.3, 0.4) is 0 Å². The molecular formula is C17H13FN4OS. The lowest BCUT2D eigenvalue weighted by Gasteiger charge is -2.09. The van der Waals surface area contributed by atoms with Crippen LogP contribution >= 0.6 is 11.3 Å². The topological polar surface area (TPSA) is 63.6 Å². The molecule has 3 heterocycles. The van der Waals surface area contributed by atoms with Gasteiger partial charge in [-0.3, -0.25) is 4.79 Å². The molecule has 0 amide bonds. The molecule has 0 spiro atoms. The molecule has 0 aliphatic heterocycles. The number of nitrogens with one attached hydrogen (secondary N) is 1. The first kappa shape index (κ1) is 14.8. The number of fused-ring (bicyclic) bond motifs is 1. The maximum atomic E-state index is 13.0. The maximum absolute atomic E-state index is 13.0. The molecule has 0 fully saturated rings. The van der Waals surface area contributed by atoms with Crippen molar-refractivity contribution in [2.24, 2.45) is 0 Å². The van der Waals surface area contributed by atoms with Crippen LogP contribution in [0.5, 0.6) is 0 Å². The fourth-order valence-corrected chi connectivity index (χ4v) is 3.39. The molecule has 0 aliphatic rings. The average Bonchev–Trinajstić information content (AvgIpc) is 3.20. The van der Waals surface area contributed by atoms with Crippen LogP contribution in [-0.4, -0.2) is 19.7 Å². The van der Waals surface area contributed by atoms with Crippen molar-refractivity contribution >= 4 is 21.6 Å². The summed E-state index contributed by atoms with van der Waals surface area (Å²) in [7, 11) is 0. The molecule has 7 heteroatoms.